The number of carbonyl (C=O) groups is 2. The Morgan fingerprint density at radius 3 is 2.09 bits per heavy atom. The maximum absolute atomic E-state index is 14.7. The number of hydrogen-bond donors (Lipinski definition) is 8. The number of carbonyl (C=O) groups excluding carboxylic acids is 2. The van der Waals surface area contributed by atoms with E-state index in [0.29, 0.717) is 50.9 Å². The molecule has 0 amide bonds. The van der Waals surface area contributed by atoms with E-state index in [0.717, 1.165) is 12.8 Å². The fourth-order valence-electron chi connectivity index (χ4n) is 16.5. The average molecular weight is 1200 g/mol. The van der Waals surface area contributed by atoms with E-state index in [1.807, 2.05) is 6.92 Å². The Labute approximate surface area is 501 Å². The van der Waals surface area contributed by atoms with Crippen LogP contribution in [0, 0.1) is 45.3 Å². The normalized spacial score (nSPS) is 49.1. The molecule has 82 heavy (non-hydrogen) atoms. The Hall–Kier alpha value is -1.13. The maximum atomic E-state index is 14.7. The third-order valence-corrected chi connectivity index (χ3v) is 20.9. The van der Waals surface area contributed by atoms with Crippen molar-refractivity contribution in [3.8, 4) is 0 Å². The molecule has 8 N–H and O–H groups in total. The molecule has 1 spiro atoms. The van der Waals surface area contributed by atoms with Gasteiger partial charge in [0, 0.05) is 19.4 Å². The minimum Gasteiger partial charge on any atom is -0.726 e. The number of methoxy groups -OCH3 is 1. The minimum atomic E-state index is -5.41. The predicted octanol–water partition coefficient (Wildman–Crippen LogP) is -2.64. The number of aliphatic hydroxyl groups excluding tert-OH is 8. The molecule has 0 aromatic rings. The summed E-state index contributed by atoms with van der Waals surface area (Å²) < 4.78 is 106. The van der Waals surface area contributed by atoms with E-state index in [-0.39, 0.29) is 58.7 Å². The number of allylic oxidation sites excluding steroid dienone is 2. The van der Waals surface area contributed by atoms with E-state index in [1.54, 1.807) is 0 Å². The van der Waals surface area contributed by atoms with E-state index in [2.05, 4.69) is 47.6 Å². The number of esters is 2. The number of cyclic esters (lactones) is 1. The zero-order valence-electron chi connectivity index (χ0n) is 48.8. The first kappa shape index (κ1) is 66.8. The van der Waals surface area contributed by atoms with Gasteiger partial charge in [0.05, 0.1) is 43.4 Å². The first-order valence-corrected chi connectivity index (χ1v) is 30.0. The Morgan fingerprint density at radius 2 is 1.44 bits per heavy atom. The summed E-state index contributed by atoms with van der Waals surface area (Å²) in [5, 5.41) is 88.3. The summed E-state index contributed by atoms with van der Waals surface area (Å²) in [6, 6.07) is 0. The van der Waals surface area contributed by atoms with Crippen LogP contribution in [0.5, 0.6) is 0 Å². The second-order valence-electron chi connectivity index (χ2n) is 26.0. The number of ether oxygens (including phenoxy) is 11. The van der Waals surface area contributed by atoms with Crippen LogP contribution in [0.15, 0.2) is 11.6 Å². The molecule has 0 aromatic carbocycles. The SMILES string of the molecule is COC1C(O)C(CO)OC(OC2C(O)COC(OC3C(C)OC(OC4C(OC5CCC6(C)C7CCC89C(=O)O[C@@](C)(CCCC(C)C)C8C(OC(C)=O)C[C@@]9(C)C7=CCC6C5(C)C)OCC(OS(=O)(=O)[O-])C4O)C(O)C3O)C2O)C1O.[Na+]. The van der Waals surface area contributed by atoms with E-state index in [1.165, 1.54) is 26.5 Å². The number of rotatable bonds is 17. The van der Waals surface area contributed by atoms with Crippen molar-refractivity contribution in [2.45, 2.75) is 249 Å². The second kappa shape index (κ2) is 25.0. The second-order valence-corrected chi connectivity index (χ2v) is 27.1. The van der Waals surface area contributed by atoms with Crippen LogP contribution in [-0.2, 0) is 76.3 Å². The molecule has 27 heteroatoms. The van der Waals surface area contributed by atoms with Gasteiger partial charge in [-0.1, -0.05) is 59.6 Å². The van der Waals surface area contributed by atoms with Crippen molar-refractivity contribution in [3.05, 3.63) is 11.6 Å². The summed E-state index contributed by atoms with van der Waals surface area (Å²) in [5.41, 5.74) is -2.11. The molecule has 5 aliphatic heterocycles. The zero-order valence-corrected chi connectivity index (χ0v) is 51.7. The molecule has 25 nitrogen and oxygen atoms in total. The molecule has 3 saturated carbocycles. The van der Waals surface area contributed by atoms with Crippen LogP contribution in [0.2, 0.25) is 0 Å². The van der Waals surface area contributed by atoms with Gasteiger partial charge in [0.1, 0.15) is 91.1 Å². The summed E-state index contributed by atoms with van der Waals surface area (Å²) in [7, 11) is -4.20. The van der Waals surface area contributed by atoms with Crippen LogP contribution in [0.3, 0.4) is 0 Å². The van der Waals surface area contributed by atoms with Crippen LogP contribution in [0.1, 0.15) is 120 Å². The molecule has 0 aromatic heterocycles. The van der Waals surface area contributed by atoms with Crippen molar-refractivity contribution < 1.29 is 149 Å². The Morgan fingerprint density at radius 1 is 0.793 bits per heavy atom. The molecule has 5 heterocycles. The summed E-state index contributed by atoms with van der Waals surface area (Å²) >= 11 is 0. The molecule has 0 bridgehead atoms. The number of aliphatic hydroxyl groups is 8. The third-order valence-electron chi connectivity index (χ3n) is 20.4. The van der Waals surface area contributed by atoms with Crippen molar-refractivity contribution in [1.29, 1.82) is 0 Å². The maximum Gasteiger partial charge on any atom is 1.00 e. The topological polar surface area (TPSA) is 364 Å². The van der Waals surface area contributed by atoms with Gasteiger partial charge in [-0.3, -0.25) is 13.8 Å². The fourth-order valence-corrected chi connectivity index (χ4v) is 17.0. The fraction of sp³-hybridized carbons (Fsp3) is 0.927. The first-order chi connectivity index (χ1) is 37.9. The summed E-state index contributed by atoms with van der Waals surface area (Å²) in [6.07, 6.45) is -22.0. The quantitative estimate of drug-likeness (QED) is 0.0243. The van der Waals surface area contributed by atoms with E-state index < -0.39 is 181 Å². The van der Waals surface area contributed by atoms with Gasteiger partial charge >= 0.3 is 41.5 Å². The summed E-state index contributed by atoms with van der Waals surface area (Å²) in [5.74, 6) is -0.435. The molecular formula is C55H87NaO25S. The Kier molecular flexibility index (Phi) is 20.4. The molecule has 8 fully saturated rings. The molecular weight excluding hydrogens is 1120 g/mol. The van der Waals surface area contributed by atoms with Gasteiger partial charge < -0.3 is 97.5 Å². The molecule has 27 atom stereocenters. The van der Waals surface area contributed by atoms with Gasteiger partial charge in [0.25, 0.3) is 0 Å². The van der Waals surface area contributed by atoms with E-state index in [4.69, 9.17) is 56.3 Å². The smallest absolute Gasteiger partial charge is 0.726 e. The van der Waals surface area contributed by atoms with Crippen molar-refractivity contribution in [2.24, 2.45) is 45.3 Å². The largest absolute Gasteiger partial charge is 1.00 e. The first-order valence-electron chi connectivity index (χ1n) is 28.7. The van der Waals surface area contributed by atoms with Crippen LogP contribution in [0.25, 0.3) is 0 Å². The van der Waals surface area contributed by atoms with Gasteiger partial charge in [0.15, 0.2) is 25.2 Å². The van der Waals surface area contributed by atoms with Gasteiger partial charge in [0.2, 0.25) is 10.4 Å². The summed E-state index contributed by atoms with van der Waals surface area (Å²) in [6.45, 7) is 16.0. The molecule has 464 valence electrons. The molecule has 9 aliphatic rings. The van der Waals surface area contributed by atoms with Crippen molar-refractivity contribution in [3.63, 3.8) is 0 Å². The van der Waals surface area contributed by atoms with Crippen molar-refractivity contribution in [2.75, 3.05) is 26.9 Å². The Balaban J connectivity index is 0.00000880. The molecule has 5 saturated heterocycles. The monoisotopic (exact) mass is 1200 g/mol. The molecule has 25 unspecified atom stereocenters. The molecule has 9 rings (SSSR count). The van der Waals surface area contributed by atoms with Crippen LogP contribution < -0.4 is 29.6 Å². The third kappa shape index (κ3) is 11.9. The van der Waals surface area contributed by atoms with Crippen LogP contribution >= 0.6 is 0 Å². The zero-order chi connectivity index (χ0) is 59.3. The minimum absolute atomic E-state index is 0. The Bertz CT molecular complexity index is 2400. The van der Waals surface area contributed by atoms with E-state index >= 15 is 0 Å². The molecule has 4 aliphatic carbocycles. The van der Waals surface area contributed by atoms with Crippen molar-refractivity contribution in [1.82, 2.24) is 0 Å². The number of fused-ring (bicyclic) bond motifs is 4. The van der Waals surface area contributed by atoms with Gasteiger partial charge in [-0.2, -0.15) is 0 Å². The predicted molar refractivity (Wildman–Crippen MR) is 274 cm³/mol. The van der Waals surface area contributed by atoms with Crippen LogP contribution in [0.4, 0.5) is 0 Å². The van der Waals surface area contributed by atoms with Crippen LogP contribution in [-0.4, -0.2) is 221 Å². The number of hydrogen-bond acceptors (Lipinski definition) is 25. The molecule has 0 radical (unpaired) electrons. The standard InChI is InChI=1S/C55H88O25S.Na/c1-24(2)12-11-17-54(9)45-30(73-26(4)57)20-53(8)28-13-14-33-51(5,6)34(16-18-52(33,7)27(28)15-19-55(45,53)50(65)79-54)75-49-44(36(60)32(23-71-49)80-81(66,67)68)78-47-38(62)37(61)41(25(3)72-47)76-46-39(63)42(29(58)22-70-46)77-48-40(64)43(69-10)35(59)31(21-56)74-48;/h13,24-25,27,29-49,56,58-64H,11-12,14-23H2,1-10H3,(H,66,67,68);/q;+1/p-1/t25?,27?,29?,30?,31?,32?,33?,34?,35?,36?,37?,38?,39?,40?,41?,42?,43?,44?,45?,46?,47?,48?,49?,52?,53-,54-,55?;/m0./s1. The van der Waals surface area contributed by atoms with Crippen molar-refractivity contribution >= 4 is 22.3 Å². The van der Waals surface area contributed by atoms with Gasteiger partial charge in [-0.25, -0.2) is 8.42 Å². The van der Waals surface area contributed by atoms with E-state index in [9.17, 15) is 63.4 Å². The summed E-state index contributed by atoms with van der Waals surface area (Å²) in [4.78, 5) is 27.4. The van der Waals surface area contributed by atoms with Gasteiger partial charge in [-0.05, 0) is 93.8 Å². The van der Waals surface area contributed by atoms with Gasteiger partial charge in [-0.15, -0.1) is 0 Å². The average Bonchev–Trinajstić information content (AvgIpc) is 1.52.